The van der Waals surface area contributed by atoms with Crippen molar-refractivity contribution in [3.63, 3.8) is 0 Å². The highest BCUT2D eigenvalue weighted by atomic mass is 16.8. The van der Waals surface area contributed by atoms with Gasteiger partial charge in [-0.15, -0.1) is 0 Å². The first-order valence-electron chi connectivity index (χ1n) is 4.28. The van der Waals surface area contributed by atoms with Crippen LogP contribution in [-0.2, 0) is 18.9 Å². The minimum atomic E-state index is -0.549. The van der Waals surface area contributed by atoms with Crippen molar-refractivity contribution < 1.29 is 23.7 Å². The van der Waals surface area contributed by atoms with Crippen molar-refractivity contribution >= 4 is 6.16 Å². The monoisotopic (exact) mass is 190 g/mol. The maximum Gasteiger partial charge on any atom is 0.508 e. The molecule has 0 amide bonds. The molecule has 0 radical (unpaired) electrons. The number of carbonyl (C=O) groups excluding carboxylic acids is 1. The first kappa shape index (κ1) is 10.3. The van der Waals surface area contributed by atoms with Crippen molar-refractivity contribution in [1.82, 2.24) is 0 Å². The van der Waals surface area contributed by atoms with Crippen LogP contribution in [0.5, 0.6) is 0 Å². The van der Waals surface area contributed by atoms with Crippen molar-refractivity contribution in [2.75, 3.05) is 26.6 Å². The molecule has 0 aromatic carbocycles. The molecule has 0 aromatic rings. The fourth-order valence-corrected chi connectivity index (χ4v) is 0.858. The summed E-state index contributed by atoms with van der Waals surface area (Å²) in [5.74, 6) is 0. The Kier molecular flexibility index (Phi) is 4.56. The van der Waals surface area contributed by atoms with E-state index in [-0.39, 0.29) is 6.10 Å². The number of hydrogen-bond acceptors (Lipinski definition) is 5. The van der Waals surface area contributed by atoms with Gasteiger partial charge in [-0.05, 0) is 13.3 Å². The largest absolute Gasteiger partial charge is 0.508 e. The Morgan fingerprint density at radius 2 is 2.00 bits per heavy atom. The second-order valence-corrected chi connectivity index (χ2v) is 2.78. The Labute approximate surface area is 76.9 Å². The lowest BCUT2D eigenvalue weighted by molar-refractivity contribution is -0.0963. The normalized spacial score (nSPS) is 26.8. The van der Waals surface area contributed by atoms with E-state index < -0.39 is 6.16 Å². The van der Waals surface area contributed by atoms with Gasteiger partial charge < -0.3 is 18.9 Å². The molecule has 0 bridgehead atoms. The highest BCUT2D eigenvalue weighted by molar-refractivity contribution is 5.61. The van der Waals surface area contributed by atoms with E-state index in [4.69, 9.17) is 9.47 Å². The number of cyclic esters (lactones) is 2. The van der Waals surface area contributed by atoms with E-state index in [0.717, 1.165) is 19.6 Å². The molecule has 0 aromatic heterocycles. The summed E-state index contributed by atoms with van der Waals surface area (Å²) in [6.07, 6.45) is 0.458. The Bertz CT molecular complexity index is 143. The maximum absolute atomic E-state index is 10.0. The molecule has 13 heavy (non-hydrogen) atoms. The van der Waals surface area contributed by atoms with Gasteiger partial charge in [-0.1, -0.05) is 0 Å². The molecule has 2 heterocycles. The molecule has 0 aliphatic carbocycles. The Hall–Kier alpha value is -0.810. The van der Waals surface area contributed by atoms with Crippen LogP contribution in [0.4, 0.5) is 4.79 Å². The summed E-state index contributed by atoms with van der Waals surface area (Å²) in [5.41, 5.74) is 0. The summed E-state index contributed by atoms with van der Waals surface area (Å²) in [5, 5.41) is 0. The van der Waals surface area contributed by atoms with Gasteiger partial charge in [-0.3, -0.25) is 0 Å². The first-order chi connectivity index (χ1) is 6.29. The summed E-state index contributed by atoms with van der Waals surface area (Å²) in [7, 11) is 0. The van der Waals surface area contributed by atoms with Gasteiger partial charge in [0.1, 0.15) is 19.5 Å². The van der Waals surface area contributed by atoms with Crippen LogP contribution in [-0.4, -0.2) is 38.9 Å². The number of ether oxygens (including phenoxy) is 4. The predicted molar refractivity (Wildman–Crippen MR) is 43.3 cm³/mol. The summed E-state index contributed by atoms with van der Waals surface area (Å²) in [6, 6.07) is 0. The van der Waals surface area contributed by atoms with Crippen molar-refractivity contribution in [2.24, 2.45) is 0 Å². The third-order valence-corrected chi connectivity index (χ3v) is 1.48. The molecule has 2 saturated heterocycles. The lowest BCUT2D eigenvalue weighted by atomic mass is 10.5. The highest BCUT2D eigenvalue weighted by Gasteiger charge is 2.19. The summed E-state index contributed by atoms with van der Waals surface area (Å²) in [4.78, 5) is 10.0. The van der Waals surface area contributed by atoms with Gasteiger partial charge in [-0.25, -0.2) is 4.79 Å². The Morgan fingerprint density at radius 1 is 1.31 bits per heavy atom. The maximum atomic E-state index is 10.0. The van der Waals surface area contributed by atoms with Crippen LogP contribution in [0, 0.1) is 0 Å². The molecule has 1 unspecified atom stereocenters. The standard InChI is InChI=1S/C4H6O3.C4H8O2/c1-3-2-6-4(5)7-3;1-2-5-4-6-3-1/h3H,2H2,1H3;1-4H2. The topological polar surface area (TPSA) is 54.0 Å². The summed E-state index contributed by atoms with van der Waals surface area (Å²) < 4.78 is 18.6. The van der Waals surface area contributed by atoms with Crippen LogP contribution in [0.15, 0.2) is 0 Å². The van der Waals surface area contributed by atoms with Gasteiger partial charge in [0.25, 0.3) is 0 Å². The average Bonchev–Trinajstić information content (AvgIpc) is 2.54. The van der Waals surface area contributed by atoms with Crippen molar-refractivity contribution in [2.45, 2.75) is 19.4 Å². The third kappa shape index (κ3) is 4.69. The third-order valence-electron chi connectivity index (χ3n) is 1.48. The SMILES string of the molecule is C1COCOC1.CC1COC(=O)O1. The Morgan fingerprint density at radius 3 is 2.15 bits per heavy atom. The zero-order valence-corrected chi connectivity index (χ0v) is 7.65. The quantitative estimate of drug-likeness (QED) is 0.532. The lowest BCUT2D eigenvalue weighted by Gasteiger charge is -2.09. The molecule has 1 atom stereocenters. The van der Waals surface area contributed by atoms with E-state index in [0.29, 0.717) is 13.4 Å². The van der Waals surface area contributed by atoms with E-state index in [1.54, 1.807) is 6.92 Å². The van der Waals surface area contributed by atoms with Gasteiger partial charge in [0.05, 0.1) is 13.2 Å². The van der Waals surface area contributed by atoms with Crippen LogP contribution in [0.3, 0.4) is 0 Å². The number of carbonyl (C=O) groups is 1. The lowest BCUT2D eigenvalue weighted by Crippen LogP contribution is -2.11. The van der Waals surface area contributed by atoms with Crippen molar-refractivity contribution in [3.8, 4) is 0 Å². The zero-order chi connectivity index (χ0) is 9.52. The second-order valence-electron chi connectivity index (χ2n) is 2.78. The highest BCUT2D eigenvalue weighted by Crippen LogP contribution is 2.02. The minimum absolute atomic E-state index is 0.0486. The van der Waals surface area contributed by atoms with Crippen LogP contribution >= 0.6 is 0 Å². The van der Waals surface area contributed by atoms with Crippen LogP contribution in [0.2, 0.25) is 0 Å². The second kappa shape index (κ2) is 5.77. The van der Waals surface area contributed by atoms with Crippen LogP contribution < -0.4 is 0 Å². The summed E-state index contributed by atoms with van der Waals surface area (Å²) >= 11 is 0. The number of rotatable bonds is 0. The summed E-state index contributed by atoms with van der Waals surface area (Å²) in [6.45, 7) is 4.43. The molecule has 0 spiro atoms. The molecule has 2 aliphatic rings. The molecule has 0 N–H and O–H groups in total. The fraction of sp³-hybridized carbons (Fsp3) is 0.875. The van der Waals surface area contributed by atoms with Gasteiger partial charge in [0.15, 0.2) is 0 Å². The van der Waals surface area contributed by atoms with Crippen LogP contribution in [0.1, 0.15) is 13.3 Å². The van der Waals surface area contributed by atoms with E-state index >= 15 is 0 Å². The molecular weight excluding hydrogens is 176 g/mol. The molecule has 0 saturated carbocycles. The zero-order valence-electron chi connectivity index (χ0n) is 7.65. The van der Waals surface area contributed by atoms with E-state index in [1.807, 2.05) is 0 Å². The average molecular weight is 190 g/mol. The van der Waals surface area contributed by atoms with Gasteiger partial charge in [-0.2, -0.15) is 0 Å². The molecule has 5 nitrogen and oxygen atoms in total. The molecule has 2 aliphatic heterocycles. The predicted octanol–water partition coefficient (Wildman–Crippen LogP) is 0.923. The minimum Gasteiger partial charge on any atom is -0.430 e. The molecule has 2 rings (SSSR count). The smallest absolute Gasteiger partial charge is 0.430 e. The fourth-order valence-electron chi connectivity index (χ4n) is 0.858. The van der Waals surface area contributed by atoms with E-state index in [2.05, 4.69) is 9.47 Å². The molecular formula is C8H14O5. The molecule has 2 fully saturated rings. The van der Waals surface area contributed by atoms with Crippen LogP contribution in [0.25, 0.3) is 0 Å². The van der Waals surface area contributed by atoms with E-state index in [9.17, 15) is 4.79 Å². The van der Waals surface area contributed by atoms with Crippen molar-refractivity contribution in [3.05, 3.63) is 0 Å². The molecule has 5 heteroatoms. The van der Waals surface area contributed by atoms with Gasteiger partial charge >= 0.3 is 6.16 Å². The van der Waals surface area contributed by atoms with E-state index in [1.165, 1.54) is 0 Å². The molecule has 76 valence electrons. The Balaban J connectivity index is 0.000000132. The van der Waals surface area contributed by atoms with Crippen molar-refractivity contribution in [1.29, 1.82) is 0 Å². The van der Waals surface area contributed by atoms with Gasteiger partial charge in [0.2, 0.25) is 0 Å². The number of hydrogen-bond donors (Lipinski definition) is 0. The van der Waals surface area contributed by atoms with Gasteiger partial charge in [0, 0.05) is 0 Å². The first-order valence-corrected chi connectivity index (χ1v) is 4.28.